The van der Waals surface area contributed by atoms with Crippen molar-refractivity contribution < 1.29 is 4.74 Å². The van der Waals surface area contributed by atoms with Gasteiger partial charge in [0, 0.05) is 67.1 Å². The van der Waals surface area contributed by atoms with Gasteiger partial charge in [-0.05, 0) is 134 Å². The molecule has 4 heterocycles. The van der Waals surface area contributed by atoms with Crippen molar-refractivity contribution in [1.82, 2.24) is 4.48 Å². The second kappa shape index (κ2) is 15.4. The Balaban J connectivity index is 1.12. The summed E-state index contributed by atoms with van der Waals surface area (Å²) in [5.74, 6) is 1.79. The average Bonchev–Trinajstić information content (AvgIpc) is 3.88. The number of ether oxygens (including phenoxy) is 1. The molecule has 0 atom stereocenters. The van der Waals surface area contributed by atoms with E-state index in [-0.39, 0.29) is 17.7 Å². The van der Waals surface area contributed by atoms with Crippen LogP contribution in [-0.4, -0.2) is 11.3 Å². The highest BCUT2D eigenvalue weighted by Crippen LogP contribution is 2.59. The first kappa shape index (κ1) is 42.5. The summed E-state index contributed by atoms with van der Waals surface area (Å²) in [4.78, 5) is 7.29. The lowest BCUT2D eigenvalue weighted by Crippen LogP contribution is -2.57. The molecule has 0 saturated heterocycles. The van der Waals surface area contributed by atoms with Crippen molar-refractivity contribution >= 4 is 85.3 Å². The van der Waals surface area contributed by atoms with Crippen LogP contribution in [0.3, 0.4) is 0 Å². The van der Waals surface area contributed by atoms with E-state index in [9.17, 15) is 0 Å². The predicted molar refractivity (Wildman–Crippen MR) is 307 cm³/mol. The Kier molecular flexibility index (Phi) is 8.97. The molecule has 0 spiro atoms. The van der Waals surface area contributed by atoms with E-state index in [1.165, 1.54) is 88.5 Å². The second-order valence-corrected chi connectivity index (χ2v) is 22.7. The summed E-state index contributed by atoms with van der Waals surface area (Å²) in [5, 5.41) is 3.74. The van der Waals surface area contributed by atoms with E-state index in [1.807, 2.05) is 0 Å². The molecule has 0 radical (unpaired) electrons. The molecule has 348 valence electrons. The van der Waals surface area contributed by atoms with Crippen LogP contribution < -0.4 is 25.5 Å². The van der Waals surface area contributed by atoms with Gasteiger partial charge in [0.05, 0.1) is 15.5 Å². The summed E-state index contributed by atoms with van der Waals surface area (Å²) >= 11 is 1.80. The summed E-state index contributed by atoms with van der Waals surface area (Å²) in [6.07, 6.45) is 0. The van der Waals surface area contributed by atoms with Gasteiger partial charge in [-0.3, -0.25) is 0 Å². The van der Waals surface area contributed by atoms with Crippen LogP contribution in [-0.2, 0) is 10.8 Å². The smallest absolute Gasteiger partial charge is 0.333 e. The van der Waals surface area contributed by atoms with E-state index < -0.39 is 0 Å². The zero-order valence-corrected chi connectivity index (χ0v) is 42.3. The van der Waals surface area contributed by atoms with Gasteiger partial charge in [0.15, 0.2) is 0 Å². The number of benzene rings is 10. The standard InChI is InChI=1S/C67H50BN3OS/c1-66(2,3)43-33-34-54(49(36-43)41-21-9-6-10-22-41)70-55-40-60-58(72-57-31-19-20-32-59(57)73-60)39-53(55)68-63-56(70)35-42-23-15-16-28-47(42)61(63)50-37-46(69(44-24-11-7-12-25-44)45-26-13-8-14-27-45)38-51-62-65(71(68)64(50)51)48-29-17-18-30-52(48)67(62,4)5/h6-40H,1-5H3. The molecule has 4 aliphatic rings. The molecular weight excluding hydrogens is 906 g/mol. The molecule has 3 aliphatic heterocycles. The molecule has 0 unspecified atom stereocenters. The van der Waals surface area contributed by atoms with Crippen molar-refractivity contribution in [2.24, 2.45) is 0 Å². The van der Waals surface area contributed by atoms with E-state index in [4.69, 9.17) is 4.74 Å². The highest BCUT2D eigenvalue weighted by atomic mass is 32.2. The number of nitrogens with zero attached hydrogens (tertiary/aromatic N) is 3. The molecule has 10 aromatic carbocycles. The fraction of sp³-hybridized carbons (Fsp3) is 0.104. The number of anilines is 6. The van der Waals surface area contributed by atoms with Crippen molar-refractivity contribution in [2.75, 3.05) is 9.80 Å². The molecule has 73 heavy (non-hydrogen) atoms. The van der Waals surface area contributed by atoms with Crippen molar-refractivity contribution in [2.45, 2.75) is 55.2 Å². The van der Waals surface area contributed by atoms with Crippen LogP contribution in [0.25, 0.3) is 55.2 Å². The molecule has 11 aromatic rings. The third-order valence-corrected chi connectivity index (χ3v) is 17.2. The molecular formula is C67H50BN3OS. The Morgan fingerprint density at radius 3 is 1.99 bits per heavy atom. The van der Waals surface area contributed by atoms with Crippen molar-refractivity contribution in [1.29, 1.82) is 0 Å². The maximum atomic E-state index is 7.01. The molecule has 0 amide bonds. The number of aromatic nitrogens is 1. The fourth-order valence-electron chi connectivity index (χ4n) is 12.8. The maximum Gasteiger partial charge on any atom is 0.333 e. The molecule has 0 fully saturated rings. The highest BCUT2D eigenvalue weighted by molar-refractivity contribution is 7.99. The van der Waals surface area contributed by atoms with E-state index in [0.717, 1.165) is 49.7 Å². The van der Waals surface area contributed by atoms with Crippen LogP contribution in [0, 0.1) is 0 Å². The normalized spacial score (nSPS) is 14.2. The summed E-state index contributed by atoms with van der Waals surface area (Å²) in [7, 11) is 0. The number of hydrogen-bond acceptors (Lipinski definition) is 4. The first-order valence-electron chi connectivity index (χ1n) is 25.5. The van der Waals surface area contributed by atoms with Gasteiger partial charge >= 0.3 is 6.85 Å². The molecule has 0 N–H and O–H groups in total. The first-order valence-corrected chi connectivity index (χ1v) is 26.3. The van der Waals surface area contributed by atoms with Crippen LogP contribution in [0.2, 0.25) is 0 Å². The van der Waals surface area contributed by atoms with Crippen LogP contribution >= 0.6 is 11.8 Å². The van der Waals surface area contributed by atoms with E-state index in [0.29, 0.717) is 0 Å². The lowest BCUT2D eigenvalue weighted by atomic mass is 9.44. The largest absolute Gasteiger partial charge is 0.455 e. The Morgan fingerprint density at radius 1 is 0.534 bits per heavy atom. The number of hydrogen-bond donors (Lipinski definition) is 0. The van der Waals surface area contributed by atoms with E-state index in [1.54, 1.807) is 11.8 Å². The zero-order valence-electron chi connectivity index (χ0n) is 41.4. The van der Waals surface area contributed by atoms with Crippen molar-refractivity contribution in [3.8, 4) is 45.0 Å². The fourth-order valence-corrected chi connectivity index (χ4v) is 13.8. The van der Waals surface area contributed by atoms with Crippen molar-refractivity contribution in [3.05, 3.63) is 229 Å². The summed E-state index contributed by atoms with van der Waals surface area (Å²) in [6.45, 7) is 11.6. The topological polar surface area (TPSA) is 20.6 Å². The molecule has 1 aromatic heterocycles. The number of para-hydroxylation sites is 3. The molecule has 6 heteroatoms. The number of rotatable bonds is 5. The molecule has 1 aliphatic carbocycles. The van der Waals surface area contributed by atoms with Crippen LogP contribution in [0.1, 0.15) is 51.3 Å². The van der Waals surface area contributed by atoms with Crippen LogP contribution in [0.15, 0.2) is 222 Å². The monoisotopic (exact) mass is 955 g/mol. The van der Waals surface area contributed by atoms with Crippen LogP contribution in [0.5, 0.6) is 11.5 Å². The van der Waals surface area contributed by atoms with Gasteiger partial charge in [-0.25, -0.2) is 0 Å². The molecule has 15 rings (SSSR count). The summed E-state index contributed by atoms with van der Waals surface area (Å²) < 4.78 is 9.77. The second-order valence-electron chi connectivity index (χ2n) is 21.7. The minimum absolute atomic E-state index is 0.0610. The Hall–Kier alpha value is -8.19. The average molecular weight is 956 g/mol. The summed E-state index contributed by atoms with van der Waals surface area (Å²) in [5.41, 5.74) is 21.8. The minimum atomic E-state index is -0.292. The van der Waals surface area contributed by atoms with Crippen LogP contribution in [0.4, 0.5) is 34.1 Å². The molecule has 0 saturated carbocycles. The van der Waals surface area contributed by atoms with Gasteiger partial charge in [0.1, 0.15) is 11.5 Å². The van der Waals surface area contributed by atoms with Gasteiger partial charge in [-0.15, -0.1) is 0 Å². The minimum Gasteiger partial charge on any atom is -0.455 e. The van der Waals surface area contributed by atoms with Crippen molar-refractivity contribution in [3.63, 3.8) is 0 Å². The van der Waals surface area contributed by atoms with Gasteiger partial charge in [0.2, 0.25) is 0 Å². The summed E-state index contributed by atoms with van der Waals surface area (Å²) in [6, 6.07) is 79.0. The molecule has 0 bridgehead atoms. The Bertz CT molecular complexity index is 4080. The molecule has 4 nitrogen and oxygen atoms in total. The Labute approximate surface area is 431 Å². The first-order chi connectivity index (χ1) is 35.6. The maximum absolute atomic E-state index is 7.01. The lowest BCUT2D eigenvalue weighted by molar-refractivity contribution is 0.455. The van der Waals surface area contributed by atoms with Gasteiger partial charge in [0.25, 0.3) is 0 Å². The SMILES string of the molecule is CC(C)(C)c1ccc(N2c3cc4c(cc3B3c5c2cc2ccccc2c5-c2cc(N(c5ccccc5)c5ccccc5)cc5c6c(n3c25)-c2ccccc2C6(C)C)Oc2ccccc2S4)c(-c2ccccc2)c1. The van der Waals surface area contributed by atoms with Gasteiger partial charge in [-0.2, -0.15) is 0 Å². The third kappa shape index (κ3) is 6.11. The van der Waals surface area contributed by atoms with Gasteiger partial charge < -0.3 is 19.0 Å². The van der Waals surface area contributed by atoms with E-state index in [2.05, 4.69) is 261 Å². The third-order valence-electron chi connectivity index (χ3n) is 16.1. The quantitative estimate of drug-likeness (QED) is 0.160. The van der Waals surface area contributed by atoms with Gasteiger partial charge in [-0.1, -0.05) is 180 Å². The van der Waals surface area contributed by atoms with E-state index >= 15 is 0 Å². The number of fused-ring (bicyclic) bond motifs is 13. The zero-order chi connectivity index (χ0) is 48.9. The predicted octanol–water partition coefficient (Wildman–Crippen LogP) is 17.2. The Morgan fingerprint density at radius 2 is 1.22 bits per heavy atom. The lowest BCUT2D eigenvalue weighted by Gasteiger charge is -2.42. The highest BCUT2D eigenvalue weighted by Gasteiger charge is 2.50.